The van der Waals surface area contributed by atoms with Crippen molar-refractivity contribution < 1.29 is 4.21 Å². The van der Waals surface area contributed by atoms with Crippen molar-refractivity contribution >= 4 is 9.73 Å². The molecule has 0 saturated carbocycles. The monoisotopic (exact) mass is 259 g/mol. The van der Waals surface area contributed by atoms with Gasteiger partial charge in [-0.05, 0) is 30.5 Å². The summed E-state index contributed by atoms with van der Waals surface area (Å²) in [5, 5.41) is 0. The Labute approximate surface area is 109 Å². The van der Waals surface area contributed by atoms with E-state index < -0.39 is 9.73 Å². The maximum absolute atomic E-state index is 12.2. The first kappa shape index (κ1) is 12.8. The molecule has 0 amide bonds. The molecular formula is C15H17NOS. The zero-order valence-electron chi connectivity index (χ0n) is 10.2. The topological polar surface area (TPSA) is 40.9 Å². The van der Waals surface area contributed by atoms with Crippen LogP contribution in [0, 0.1) is 4.78 Å². The number of benzene rings is 2. The van der Waals surface area contributed by atoms with Gasteiger partial charge in [0.05, 0.1) is 9.73 Å². The summed E-state index contributed by atoms with van der Waals surface area (Å²) in [4.78, 5) is 0.637. The van der Waals surface area contributed by atoms with Gasteiger partial charge in [-0.1, -0.05) is 48.5 Å². The highest BCUT2D eigenvalue weighted by Gasteiger charge is 2.08. The molecule has 18 heavy (non-hydrogen) atoms. The molecule has 0 fully saturated rings. The van der Waals surface area contributed by atoms with E-state index in [0.717, 1.165) is 12.8 Å². The molecule has 3 heteroatoms. The van der Waals surface area contributed by atoms with Crippen LogP contribution in [0.4, 0.5) is 0 Å². The van der Waals surface area contributed by atoms with Crippen LogP contribution in [-0.4, -0.2) is 9.96 Å². The standard InChI is InChI=1S/C15H17NOS/c16-18(17,15-11-5-2-6-12-15)13-7-10-14-8-3-1-4-9-14/h1-6,8-9,11-12,16H,7,10,13H2. The summed E-state index contributed by atoms with van der Waals surface area (Å²) in [6, 6.07) is 19.2. The van der Waals surface area contributed by atoms with E-state index >= 15 is 0 Å². The van der Waals surface area contributed by atoms with Crippen molar-refractivity contribution in [3.63, 3.8) is 0 Å². The van der Waals surface area contributed by atoms with E-state index in [2.05, 4.69) is 12.1 Å². The van der Waals surface area contributed by atoms with Gasteiger partial charge in [0.15, 0.2) is 0 Å². The molecule has 2 aromatic rings. The fourth-order valence-corrected chi connectivity index (χ4v) is 3.27. The van der Waals surface area contributed by atoms with Crippen LogP contribution in [-0.2, 0) is 16.1 Å². The Bertz CT molecular complexity index is 576. The van der Waals surface area contributed by atoms with Gasteiger partial charge in [-0.3, -0.25) is 0 Å². The summed E-state index contributed by atoms with van der Waals surface area (Å²) in [7, 11) is -2.63. The van der Waals surface area contributed by atoms with Gasteiger partial charge in [0.1, 0.15) is 0 Å². The molecule has 1 N–H and O–H groups in total. The lowest BCUT2D eigenvalue weighted by molar-refractivity contribution is 0.671. The van der Waals surface area contributed by atoms with Crippen molar-refractivity contribution in [2.24, 2.45) is 0 Å². The van der Waals surface area contributed by atoms with Gasteiger partial charge in [0.2, 0.25) is 0 Å². The smallest absolute Gasteiger partial charge is 0.0726 e. The largest absolute Gasteiger partial charge is 0.249 e. The summed E-state index contributed by atoms with van der Waals surface area (Å²) in [5.74, 6) is 0.423. The van der Waals surface area contributed by atoms with E-state index in [1.807, 2.05) is 36.4 Å². The average molecular weight is 259 g/mol. The quantitative estimate of drug-likeness (QED) is 0.873. The minimum Gasteiger partial charge on any atom is -0.249 e. The van der Waals surface area contributed by atoms with Crippen LogP contribution in [0.1, 0.15) is 12.0 Å². The van der Waals surface area contributed by atoms with Crippen molar-refractivity contribution in [3.05, 3.63) is 66.2 Å². The van der Waals surface area contributed by atoms with Gasteiger partial charge in [-0.15, -0.1) is 0 Å². The van der Waals surface area contributed by atoms with Crippen LogP contribution in [0.5, 0.6) is 0 Å². The van der Waals surface area contributed by atoms with Crippen molar-refractivity contribution in [2.75, 3.05) is 5.75 Å². The molecule has 94 valence electrons. The summed E-state index contributed by atoms with van der Waals surface area (Å²) in [6.45, 7) is 0. The molecule has 2 nitrogen and oxygen atoms in total. The van der Waals surface area contributed by atoms with Gasteiger partial charge in [-0.25, -0.2) is 8.99 Å². The molecule has 1 atom stereocenters. The van der Waals surface area contributed by atoms with E-state index in [1.165, 1.54) is 5.56 Å². The predicted molar refractivity (Wildman–Crippen MR) is 75.2 cm³/mol. The van der Waals surface area contributed by atoms with Crippen LogP contribution < -0.4 is 0 Å². The number of rotatable bonds is 5. The highest BCUT2D eigenvalue weighted by Crippen LogP contribution is 2.13. The second kappa shape index (κ2) is 5.83. The van der Waals surface area contributed by atoms with Gasteiger partial charge >= 0.3 is 0 Å². The maximum Gasteiger partial charge on any atom is 0.0726 e. The Morgan fingerprint density at radius 3 is 2.06 bits per heavy atom. The lowest BCUT2D eigenvalue weighted by Gasteiger charge is -2.07. The van der Waals surface area contributed by atoms with Crippen LogP contribution in [0.3, 0.4) is 0 Å². The molecule has 0 spiro atoms. The molecule has 0 aliphatic heterocycles. The molecular weight excluding hydrogens is 242 g/mol. The van der Waals surface area contributed by atoms with Gasteiger partial charge < -0.3 is 0 Å². The highest BCUT2D eigenvalue weighted by molar-refractivity contribution is 7.92. The molecule has 0 bridgehead atoms. The van der Waals surface area contributed by atoms with Gasteiger partial charge in [0, 0.05) is 10.6 Å². The summed E-state index contributed by atoms with van der Waals surface area (Å²) in [6.07, 6.45) is 1.66. The van der Waals surface area contributed by atoms with Gasteiger partial charge in [0.25, 0.3) is 0 Å². The maximum atomic E-state index is 12.2. The molecule has 2 rings (SSSR count). The minimum absolute atomic E-state index is 0.423. The van der Waals surface area contributed by atoms with Crippen LogP contribution in [0.25, 0.3) is 0 Å². The first-order valence-electron chi connectivity index (χ1n) is 6.04. The molecule has 0 aliphatic rings. The molecule has 0 heterocycles. The second-order valence-corrected chi connectivity index (χ2v) is 6.51. The minimum atomic E-state index is -2.63. The number of aryl methyl sites for hydroxylation is 1. The molecule has 0 radical (unpaired) electrons. The number of nitrogens with one attached hydrogen (secondary N) is 1. The molecule has 0 aliphatic carbocycles. The SMILES string of the molecule is N=S(=O)(CCCc1ccccc1)c1ccccc1. The Morgan fingerprint density at radius 2 is 1.44 bits per heavy atom. The first-order valence-corrected chi connectivity index (χ1v) is 7.77. The third-order valence-electron chi connectivity index (χ3n) is 2.86. The molecule has 1 unspecified atom stereocenters. The normalized spacial score (nSPS) is 14.0. The van der Waals surface area contributed by atoms with Crippen LogP contribution in [0.15, 0.2) is 65.6 Å². The summed E-state index contributed by atoms with van der Waals surface area (Å²) in [5.41, 5.74) is 1.24. The van der Waals surface area contributed by atoms with E-state index in [0.29, 0.717) is 10.6 Å². The number of hydrogen-bond donors (Lipinski definition) is 1. The van der Waals surface area contributed by atoms with Gasteiger partial charge in [-0.2, -0.15) is 0 Å². The summed E-state index contributed by atoms with van der Waals surface area (Å²) >= 11 is 0. The zero-order valence-corrected chi connectivity index (χ0v) is 11.0. The second-order valence-electron chi connectivity index (χ2n) is 4.28. The van der Waals surface area contributed by atoms with E-state index in [-0.39, 0.29) is 0 Å². The highest BCUT2D eigenvalue weighted by atomic mass is 32.2. The van der Waals surface area contributed by atoms with Crippen molar-refractivity contribution in [1.82, 2.24) is 0 Å². The average Bonchev–Trinajstić information content (AvgIpc) is 2.41. The fraction of sp³-hybridized carbons (Fsp3) is 0.200. The van der Waals surface area contributed by atoms with Crippen LogP contribution >= 0.6 is 0 Å². The third-order valence-corrected chi connectivity index (χ3v) is 4.76. The van der Waals surface area contributed by atoms with E-state index in [4.69, 9.17) is 4.78 Å². The lowest BCUT2D eigenvalue weighted by Crippen LogP contribution is -2.05. The van der Waals surface area contributed by atoms with Crippen LogP contribution in [0.2, 0.25) is 0 Å². The number of hydrogen-bond acceptors (Lipinski definition) is 2. The molecule has 0 saturated heterocycles. The molecule has 2 aromatic carbocycles. The van der Waals surface area contributed by atoms with E-state index in [1.54, 1.807) is 12.1 Å². The van der Waals surface area contributed by atoms with E-state index in [9.17, 15) is 4.21 Å². The molecule has 0 aromatic heterocycles. The lowest BCUT2D eigenvalue weighted by atomic mass is 10.1. The first-order chi connectivity index (χ1) is 8.68. The zero-order chi connectivity index (χ0) is 12.8. The van der Waals surface area contributed by atoms with Crippen molar-refractivity contribution in [1.29, 1.82) is 4.78 Å². The summed E-state index contributed by atoms with van der Waals surface area (Å²) < 4.78 is 20.2. The Kier molecular flexibility index (Phi) is 4.15. The fourth-order valence-electron chi connectivity index (χ4n) is 1.88. The van der Waals surface area contributed by atoms with Crippen molar-refractivity contribution in [2.45, 2.75) is 17.7 Å². The Balaban J connectivity index is 1.95. The Hall–Kier alpha value is -1.61. The predicted octanol–water partition coefficient (Wildman–Crippen LogP) is 3.73. The van der Waals surface area contributed by atoms with Crippen molar-refractivity contribution in [3.8, 4) is 0 Å². The Morgan fingerprint density at radius 1 is 0.889 bits per heavy atom. The third kappa shape index (κ3) is 3.44.